The summed E-state index contributed by atoms with van der Waals surface area (Å²) in [5, 5.41) is 12.2. The average molecular weight is 473 g/mol. The largest absolute Gasteiger partial charge is 0.481 e. The van der Waals surface area contributed by atoms with Gasteiger partial charge in [0.15, 0.2) is 0 Å². The number of carbonyl (C=O) groups is 2. The molecule has 2 aliphatic carbocycles. The van der Waals surface area contributed by atoms with Crippen LogP contribution in [0.5, 0.6) is 0 Å². The third kappa shape index (κ3) is 4.76. The molecule has 4 rings (SSSR count). The van der Waals surface area contributed by atoms with E-state index in [1.807, 2.05) is 0 Å². The molecular weight excluding hydrogens is 445 g/mol. The summed E-state index contributed by atoms with van der Waals surface area (Å²) < 4.78 is 40.9. The number of halogens is 4. The molecule has 2 saturated carbocycles. The lowest BCUT2D eigenvalue weighted by molar-refractivity contribution is -0.189. The number of hydrogen-bond donors (Lipinski definition) is 2. The molecule has 1 amide bonds. The molecule has 0 aromatic heterocycles. The Balaban J connectivity index is 1.52. The molecule has 176 valence electrons. The van der Waals surface area contributed by atoms with E-state index in [2.05, 4.69) is 5.32 Å². The average Bonchev–Trinajstić information content (AvgIpc) is 3.64. The van der Waals surface area contributed by atoms with Crippen LogP contribution in [-0.2, 0) is 16.0 Å². The van der Waals surface area contributed by atoms with Crippen LogP contribution in [0.3, 0.4) is 0 Å². The quantitative estimate of drug-likeness (QED) is 0.577. The number of amides is 1. The molecule has 1 aromatic rings. The number of anilines is 1. The number of hydrogen-bond acceptors (Lipinski definition) is 3. The number of alkyl halides is 3. The van der Waals surface area contributed by atoms with Crippen LogP contribution in [0.15, 0.2) is 18.2 Å². The van der Waals surface area contributed by atoms with E-state index in [0.29, 0.717) is 37.9 Å². The van der Waals surface area contributed by atoms with Crippen LogP contribution in [0.4, 0.5) is 18.9 Å². The number of carboxylic acid groups (broad SMARTS) is 1. The lowest BCUT2D eigenvalue weighted by Gasteiger charge is -2.40. The van der Waals surface area contributed by atoms with Crippen LogP contribution in [0.1, 0.15) is 51.0 Å². The predicted octanol–water partition coefficient (Wildman–Crippen LogP) is 5.13. The van der Waals surface area contributed by atoms with Crippen molar-refractivity contribution in [2.75, 3.05) is 18.4 Å². The Morgan fingerprint density at radius 3 is 2.28 bits per heavy atom. The number of likely N-dealkylation sites (tertiary alicyclic amines) is 1. The topological polar surface area (TPSA) is 69.6 Å². The Labute approximate surface area is 190 Å². The Morgan fingerprint density at radius 2 is 1.78 bits per heavy atom. The Bertz CT molecular complexity index is 902. The molecule has 1 aliphatic heterocycles. The number of carbonyl (C=O) groups excluding carboxylic acids is 1. The number of nitrogens with one attached hydrogen (secondary N) is 1. The van der Waals surface area contributed by atoms with E-state index in [9.17, 15) is 27.9 Å². The summed E-state index contributed by atoms with van der Waals surface area (Å²) in [6.45, 7) is 1.98. The third-order valence-corrected chi connectivity index (χ3v) is 7.94. The highest BCUT2D eigenvalue weighted by molar-refractivity contribution is 6.33. The fourth-order valence-electron chi connectivity index (χ4n) is 4.83. The summed E-state index contributed by atoms with van der Waals surface area (Å²) in [5.41, 5.74) is 0.373. The van der Waals surface area contributed by atoms with Crippen molar-refractivity contribution >= 4 is 29.2 Å². The van der Waals surface area contributed by atoms with Gasteiger partial charge in [0.2, 0.25) is 5.91 Å². The van der Waals surface area contributed by atoms with Crippen molar-refractivity contribution in [1.29, 1.82) is 0 Å². The van der Waals surface area contributed by atoms with Crippen molar-refractivity contribution in [2.24, 2.45) is 16.7 Å². The van der Waals surface area contributed by atoms with E-state index in [4.69, 9.17) is 11.6 Å². The molecule has 1 spiro atoms. The highest BCUT2D eigenvalue weighted by Gasteiger charge is 2.51. The van der Waals surface area contributed by atoms with Gasteiger partial charge in [0.25, 0.3) is 0 Å². The first-order chi connectivity index (χ1) is 14.9. The second-order valence-electron chi connectivity index (χ2n) is 9.88. The zero-order valence-corrected chi connectivity index (χ0v) is 18.7. The molecule has 2 N–H and O–H groups in total. The standard InChI is InChI=1S/C23H28ClF3N2O3/c1-14(23(25,26)27)18(29-10-8-21(4-5-21)9-11-29)19(30)28-17-12-15(2-3-16(17)24)13-22(6-7-22)20(31)32/h2-3,12,14,18H,4-11,13H2,1H3,(H,28,30)(H,31,32)/t14-,18-/m1/s1. The number of piperidine rings is 1. The molecule has 32 heavy (non-hydrogen) atoms. The summed E-state index contributed by atoms with van der Waals surface area (Å²) in [6.07, 6.45) is 0.799. The first-order valence-corrected chi connectivity index (χ1v) is 11.5. The minimum atomic E-state index is -4.51. The van der Waals surface area contributed by atoms with Gasteiger partial charge >= 0.3 is 12.1 Å². The number of benzene rings is 1. The van der Waals surface area contributed by atoms with Gasteiger partial charge in [-0.1, -0.05) is 24.6 Å². The first kappa shape index (κ1) is 23.4. The highest BCUT2D eigenvalue weighted by atomic mass is 35.5. The van der Waals surface area contributed by atoms with Crippen LogP contribution in [0, 0.1) is 16.7 Å². The molecule has 9 heteroatoms. The fraction of sp³-hybridized carbons (Fsp3) is 0.652. The Hall–Kier alpha value is -1.80. The van der Waals surface area contributed by atoms with Crippen LogP contribution >= 0.6 is 11.6 Å². The number of aliphatic carboxylic acids is 1. The van der Waals surface area contributed by atoms with E-state index >= 15 is 0 Å². The van der Waals surface area contributed by atoms with Crippen molar-refractivity contribution in [2.45, 2.75) is 64.1 Å². The minimum Gasteiger partial charge on any atom is -0.481 e. The molecule has 1 heterocycles. The molecule has 1 aromatic carbocycles. The van der Waals surface area contributed by atoms with Crippen molar-refractivity contribution in [1.82, 2.24) is 4.90 Å². The van der Waals surface area contributed by atoms with E-state index in [1.165, 1.54) is 0 Å². The number of nitrogens with zero attached hydrogens (tertiary/aromatic N) is 1. The second-order valence-corrected chi connectivity index (χ2v) is 10.3. The number of carboxylic acids is 1. The normalized spacial score (nSPS) is 23.4. The summed E-state index contributed by atoms with van der Waals surface area (Å²) in [4.78, 5) is 26.3. The predicted molar refractivity (Wildman–Crippen MR) is 115 cm³/mol. The molecule has 3 aliphatic rings. The lowest BCUT2D eigenvalue weighted by atomic mass is 9.90. The maximum absolute atomic E-state index is 13.6. The van der Waals surface area contributed by atoms with Crippen molar-refractivity contribution in [3.8, 4) is 0 Å². The van der Waals surface area contributed by atoms with E-state index in [0.717, 1.165) is 32.6 Å². The zero-order valence-electron chi connectivity index (χ0n) is 18.0. The SMILES string of the molecule is C[C@H]([C@H](C(=O)Nc1cc(CC2(C(=O)O)CC2)ccc1Cl)N1CCC2(CC1)CC2)C(F)(F)F. The summed E-state index contributed by atoms with van der Waals surface area (Å²) in [7, 11) is 0. The zero-order chi connectivity index (χ0) is 23.3. The van der Waals surface area contributed by atoms with Gasteiger partial charge in [0.05, 0.1) is 22.0 Å². The molecular formula is C23H28ClF3N2O3. The molecule has 0 bridgehead atoms. The number of rotatable bonds is 7. The lowest BCUT2D eigenvalue weighted by Crippen LogP contribution is -2.54. The van der Waals surface area contributed by atoms with Crippen LogP contribution in [0.2, 0.25) is 5.02 Å². The van der Waals surface area contributed by atoms with Gasteiger partial charge in [0.1, 0.15) is 6.04 Å². The Kier molecular flexibility index (Phi) is 5.99. The maximum atomic E-state index is 13.6. The molecule has 3 fully saturated rings. The molecule has 2 atom stereocenters. The third-order valence-electron chi connectivity index (χ3n) is 7.61. The summed E-state index contributed by atoms with van der Waals surface area (Å²) in [6, 6.07) is 3.47. The molecule has 5 nitrogen and oxygen atoms in total. The van der Waals surface area contributed by atoms with E-state index < -0.39 is 35.4 Å². The monoisotopic (exact) mass is 472 g/mol. The fourth-order valence-corrected chi connectivity index (χ4v) is 5.00. The second kappa shape index (κ2) is 8.20. The molecule has 0 radical (unpaired) electrons. The van der Waals surface area contributed by atoms with Crippen LogP contribution in [-0.4, -0.2) is 47.2 Å². The van der Waals surface area contributed by atoms with E-state index in [1.54, 1.807) is 23.1 Å². The van der Waals surface area contributed by atoms with E-state index in [-0.39, 0.29) is 16.1 Å². The van der Waals surface area contributed by atoms with Gasteiger partial charge in [-0.05, 0) is 81.1 Å². The highest BCUT2D eigenvalue weighted by Crippen LogP contribution is 2.54. The van der Waals surface area contributed by atoms with Crippen molar-refractivity contribution in [3.63, 3.8) is 0 Å². The van der Waals surface area contributed by atoms with Crippen LogP contribution < -0.4 is 5.32 Å². The van der Waals surface area contributed by atoms with Gasteiger partial charge < -0.3 is 10.4 Å². The van der Waals surface area contributed by atoms with Gasteiger partial charge in [0, 0.05) is 0 Å². The van der Waals surface area contributed by atoms with Gasteiger partial charge in [-0.3, -0.25) is 14.5 Å². The molecule has 1 saturated heterocycles. The van der Waals surface area contributed by atoms with Crippen molar-refractivity contribution < 1.29 is 27.9 Å². The van der Waals surface area contributed by atoms with Gasteiger partial charge in [-0.2, -0.15) is 13.2 Å². The summed E-state index contributed by atoms with van der Waals surface area (Å²) >= 11 is 6.23. The van der Waals surface area contributed by atoms with Crippen LogP contribution in [0.25, 0.3) is 0 Å². The first-order valence-electron chi connectivity index (χ1n) is 11.1. The summed E-state index contributed by atoms with van der Waals surface area (Å²) in [5.74, 6) is -3.44. The molecule has 0 unspecified atom stereocenters. The van der Waals surface area contributed by atoms with Crippen molar-refractivity contribution in [3.05, 3.63) is 28.8 Å². The van der Waals surface area contributed by atoms with Gasteiger partial charge in [-0.25, -0.2) is 0 Å². The maximum Gasteiger partial charge on any atom is 0.393 e. The smallest absolute Gasteiger partial charge is 0.393 e. The van der Waals surface area contributed by atoms with Gasteiger partial charge in [-0.15, -0.1) is 0 Å². The minimum absolute atomic E-state index is 0.205. The Morgan fingerprint density at radius 1 is 1.16 bits per heavy atom.